The molecule has 2 atom stereocenters. The summed E-state index contributed by atoms with van der Waals surface area (Å²) >= 11 is 0. The van der Waals surface area contributed by atoms with Crippen LogP contribution in [0.15, 0.2) is 42.5 Å². The van der Waals surface area contributed by atoms with Crippen LogP contribution in [0, 0.1) is 20.8 Å². The molecule has 0 spiro atoms. The van der Waals surface area contributed by atoms with Crippen molar-refractivity contribution in [1.82, 2.24) is 5.32 Å². The first kappa shape index (κ1) is 17.1. The van der Waals surface area contributed by atoms with Crippen molar-refractivity contribution >= 4 is 5.91 Å². The number of nitrogens with one attached hydrogen (secondary N) is 1. The van der Waals surface area contributed by atoms with Gasteiger partial charge in [-0.2, -0.15) is 0 Å². The van der Waals surface area contributed by atoms with Crippen LogP contribution in [-0.4, -0.2) is 12.0 Å². The molecule has 0 unspecified atom stereocenters. The maximum atomic E-state index is 12.3. The molecular weight excluding hydrogens is 286 g/mol. The third-order valence-electron chi connectivity index (χ3n) is 3.94. The van der Waals surface area contributed by atoms with Crippen molar-refractivity contribution in [3.8, 4) is 5.75 Å². The minimum absolute atomic E-state index is 0.0479. The number of hydrogen-bond donors (Lipinski definition) is 1. The van der Waals surface area contributed by atoms with E-state index < -0.39 is 6.10 Å². The lowest BCUT2D eigenvalue weighted by Crippen LogP contribution is -2.37. The number of carbonyl (C=O) groups excluding carboxylic acids is 1. The number of ether oxygens (including phenoxy) is 1. The lowest BCUT2D eigenvalue weighted by atomic mass is 10.1. The molecule has 1 N–H and O–H groups in total. The van der Waals surface area contributed by atoms with Crippen LogP contribution in [0.5, 0.6) is 5.75 Å². The fourth-order valence-corrected chi connectivity index (χ4v) is 2.44. The van der Waals surface area contributed by atoms with Gasteiger partial charge in [0, 0.05) is 0 Å². The molecule has 0 aliphatic heterocycles. The van der Waals surface area contributed by atoms with Gasteiger partial charge in [-0.15, -0.1) is 0 Å². The first-order chi connectivity index (χ1) is 10.9. The van der Waals surface area contributed by atoms with Crippen LogP contribution < -0.4 is 10.1 Å². The van der Waals surface area contributed by atoms with Gasteiger partial charge in [-0.3, -0.25) is 4.79 Å². The maximum absolute atomic E-state index is 12.3. The predicted octanol–water partition coefficient (Wildman–Crippen LogP) is 4.26. The Kier molecular flexibility index (Phi) is 5.43. The van der Waals surface area contributed by atoms with E-state index in [0.29, 0.717) is 0 Å². The van der Waals surface area contributed by atoms with E-state index >= 15 is 0 Å². The Bertz CT molecular complexity index is 677. The molecule has 3 heteroatoms. The topological polar surface area (TPSA) is 38.3 Å². The highest BCUT2D eigenvalue weighted by molar-refractivity contribution is 5.81. The average molecular weight is 311 g/mol. The van der Waals surface area contributed by atoms with Crippen molar-refractivity contribution in [1.29, 1.82) is 0 Å². The number of benzene rings is 2. The van der Waals surface area contributed by atoms with Crippen molar-refractivity contribution < 1.29 is 9.53 Å². The fourth-order valence-electron chi connectivity index (χ4n) is 2.44. The molecule has 1 amide bonds. The van der Waals surface area contributed by atoms with Gasteiger partial charge in [0.05, 0.1) is 6.04 Å². The van der Waals surface area contributed by atoms with E-state index in [1.165, 1.54) is 11.1 Å². The van der Waals surface area contributed by atoms with Crippen molar-refractivity contribution in [2.75, 3.05) is 0 Å². The predicted molar refractivity (Wildman–Crippen MR) is 93.7 cm³/mol. The number of amides is 1. The van der Waals surface area contributed by atoms with Gasteiger partial charge in [0.25, 0.3) is 5.91 Å². The summed E-state index contributed by atoms with van der Waals surface area (Å²) in [5.41, 5.74) is 4.51. The highest BCUT2D eigenvalue weighted by Gasteiger charge is 2.18. The number of aryl methyl sites for hydroxylation is 3. The van der Waals surface area contributed by atoms with Crippen molar-refractivity contribution in [3.63, 3.8) is 0 Å². The lowest BCUT2D eigenvalue weighted by Gasteiger charge is -2.20. The Morgan fingerprint density at radius 1 is 0.957 bits per heavy atom. The van der Waals surface area contributed by atoms with Gasteiger partial charge in [0.2, 0.25) is 0 Å². The Balaban J connectivity index is 1.98. The second kappa shape index (κ2) is 7.32. The highest BCUT2D eigenvalue weighted by Crippen LogP contribution is 2.20. The van der Waals surface area contributed by atoms with E-state index in [1.807, 2.05) is 64.1 Å². The molecule has 0 heterocycles. The van der Waals surface area contributed by atoms with Crippen LogP contribution >= 0.6 is 0 Å². The quantitative estimate of drug-likeness (QED) is 0.896. The maximum Gasteiger partial charge on any atom is 0.261 e. The van der Waals surface area contributed by atoms with Crippen LogP contribution in [0.2, 0.25) is 0 Å². The normalized spacial score (nSPS) is 13.3. The van der Waals surface area contributed by atoms with E-state index in [4.69, 9.17) is 4.74 Å². The van der Waals surface area contributed by atoms with Gasteiger partial charge >= 0.3 is 0 Å². The molecule has 0 aromatic heterocycles. The molecule has 122 valence electrons. The second-order valence-electron chi connectivity index (χ2n) is 6.17. The smallest absolute Gasteiger partial charge is 0.261 e. The van der Waals surface area contributed by atoms with Gasteiger partial charge in [0.15, 0.2) is 6.10 Å². The highest BCUT2D eigenvalue weighted by atomic mass is 16.5. The van der Waals surface area contributed by atoms with E-state index in [-0.39, 0.29) is 11.9 Å². The van der Waals surface area contributed by atoms with Gasteiger partial charge in [-0.1, -0.05) is 47.5 Å². The Morgan fingerprint density at radius 2 is 1.57 bits per heavy atom. The third kappa shape index (κ3) is 4.59. The fraction of sp³-hybridized carbons (Fsp3) is 0.350. The summed E-state index contributed by atoms with van der Waals surface area (Å²) in [5.74, 6) is 0.638. The van der Waals surface area contributed by atoms with Crippen molar-refractivity contribution in [2.24, 2.45) is 0 Å². The number of hydrogen-bond acceptors (Lipinski definition) is 2. The molecule has 0 bridgehead atoms. The minimum Gasteiger partial charge on any atom is -0.481 e. The van der Waals surface area contributed by atoms with Crippen LogP contribution in [0.3, 0.4) is 0 Å². The molecule has 0 radical (unpaired) electrons. The summed E-state index contributed by atoms with van der Waals surface area (Å²) in [6.07, 6.45) is -0.538. The molecule has 0 saturated carbocycles. The zero-order chi connectivity index (χ0) is 17.0. The Morgan fingerprint density at radius 3 is 2.17 bits per heavy atom. The Labute approximate surface area is 138 Å². The molecule has 2 aromatic carbocycles. The third-order valence-corrected chi connectivity index (χ3v) is 3.94. The molecule has 0 saturated heterocycles. The van der Waals surface area contributed by atoms with Crippen LogP contribution in [0.1, 0.15) is 42.1 Å². The van der Waals surface area contributed by atoms with Gasteiger partial charge < -0.3 is 10.1 Å². The minimum atomic E-state index is -0.538. The largest absolute Gasteiger partial charge is 0.481 e. The molecule has 0 aliphatic rings. The summed E-state index contributed by atoms with van der Waals surface area (Å²) in [6, 6.07) is 14.1. The van der Waals surface area contributed by atoms with Crippen LogP contribution in [0.25, 0.3) is 0 Å². The number of carbonyl (C=O) groups is 1. The lowest BCUT2D eigenvalue weighted by molar-refractivity contribution is -0.127. The number of rotatable bonds is 5. The van der Waals surface area contributed by atoms with Crippen LogP contribution in [-0.2, 0) is 4.79 Å². The zero-order valence-electron chi connectivity index (χ0n) is 14.5. The molecule has 2 rings (SSSR count). The molecule has 2 aromatic rings. The van der Waals surface area contributed by atoms with E-state index in [1.54, 1.807) is 6.92 Å². The summed E-state index contributed by atoms with van der Waals surface area (Å²) < 4.78 is 5.81. The van der Waals surface area contributed by atoms with E-state index in [0.717, 1.165) is 16.9 Å². The molecule has 0 fully saturated rings. The van der Waals surface area contributed by atoms with Crippen molar-refractivity contribution in [2.45, 2.75) is 46.8 Å². The summed E-state index contributed by atoms with van der Waals surface area (Å²) in [4.78, 5) is 12.3. The Hall–Kier alpha value is -2.29. The summed E-state index contributed by atoms with van der Waals surface area (Å²) in [5, 5.41) is 3.00. The zero-order valence-corrected chi connectivity index (χ0v) is 14.5. The average Bonchev–Trinajstić information content (AvgIpc) is 2.50. The first-order valence-corrected chi connectivity index (χ1v) is 7.97. The van der Waals surface area contributed by atoms with Gasteiger partial charge in [-0.25, -0.2) is 0 Å². The summed E-state index contributed by atoms with van der Waals surface area (Å²) in [7, 11) is 0. The molecular formula is C20H25NO2. The first-order valence-electron chi connectivity index (χ1n) is 7.97. The second-order valence-corrected chi connectivity index (χ2v) is 6.17. The van der Waals surface area contributed by atoms with Gasteiger partial charge in [0.1, 0.15) is 5.75 Å². The standard InChI is InChI=1S/C20H25NO2/c1-13-6-9-18(10-7-13)16(4)21-20(22)17(5)23-19-11-8-14(2)12-15(19)3/h6-12,16-17H,1-5H3,(H,21,22)/t16-,17+/m0/s1. The van der Waals surface area contributed by atoms with Crippen molar-refractivity contribution in [3.05, 3.63) is 64.7 Å². The monoisotopic (exact) mass is 311 g/mol. The molecule has 0 aliphatic carbocycles. The van der Waals surface area contributed by atoms with Gasteiger partial charge in [-0.05, 0) is 51.8 Å². The molecule has 3 nitrogen and oxygen atoms in total. The molecule has 23 heavy (non-hydrogen) atoms. The van der Waals surface area contributed by atoms with E-state index in [9.17, 15) is 4.79 Å². The van der Waals surface area contributed by atoms with Crippen LogP contribution in [0.4, 0.5) is 0 Å². The summed E-state index contributed by atoms with van der Waals surface area (Å²) in [6.45, 7) is 9.83. The SMILES string of the molecule is Cc1ccc([C@H](C)NC(=O)[C@@H](C)Oc2ccc(C)cc2C)cc1. The van der Waals surface area contributed by atoms with E-state index in [2.05, 4.69) is 11.4 Å².